The molecule has 2 heterocycles. The molecule has 2 aromatic heterocycles. The van der Waals surface area contributed by atoms with Gasteiger partial charge in [-0.05, 0) is 96.9 Å². The zero-order valence-corrected chi connectivity index (χ0v) is 41.6. The molecule has 0 N–H and O–H groups in total. The fourth-order valence-corrected chi connectivity index (χ4v) is 12.8. The predicted molar refractivity (Wildman–Crippen MR) is 304 cm³/mol. The average Bonchev–Trinajstić information content (AvgIpc) is 3.95. The van der Waals surface area contributed by atoms with E-state index in [1.807, 2.05) is 22.7 Å². The molecular formula is C66H53NS2. The molecule has 69 heavy (non-hydrogen) atoms. The van der Waals surface area contributed by atoms with E-state index in [2.05, 4.69) is 259 Å². The molecule has 0 atom stereocenters. The van der Waals surface area contributed by atoms with E-state index in [0.29, 0.717) is 0 Å². The van der Waals surface area contributed by atoms with Gasteiger partial charge in [-0.15, -0.1) is 22.7 Å². The summed E-state index contributed by atoms with van der Waals surface area (Å²) >= 11 is 3.77. The second kappa shape index (κ2) is 16.7. The van der Waals surface area contributed by atoms with Crippen LogP contribution in [0.3, 0.4) is 0 Å². The zero-order valence-electron chi connectivity index (χ0n) is 40.0. The van der Waals surface area contributed by atoms with Crippen molar-refractivity contribution in [2.24, 2.45) is 0 Å². The molecule has 0 bridgehead atoms. The Bertz CT molecular complexity index is 3890. The van der Waals surface area contributed by atoms with E-state index in [-0.39, 0.29) is 10.8 Å². The lowest BCUT2D eigenvalue weighted by molar-refractivity contribution is 0.569. The molecule has 3 heteroatoms. The Morgan fingerprint density at radius 1 is 0.333 bits per heavy atom. The van der Waals surface area contributed by atoms with Crippen molar-refractivity contribution in [1.29, 1.82) is 0 Å². The molecule has 0 spiro atoms. The van der Waals surface area contributed by atoms with Crippen molar-refractivity contribution in [1.82, 2.24) is 0 Å². The monoisotopic (exact) mass is 923 g/mol. The third kappa shape index (κ3) is 7.53. The van der Waals surface area contributed by atoms with E-state index in [0.717, 1.165) is 17.1 Å². The van der Waals surface area contributed by atoms with Crippen molar-refractivity contribution in [2.45, 2.75) is 52.4 Å². The number of rotatable bonds is 7. The highest BCUT2D eigenvalue weighted by Gasteiger charge is 2.25. The molecule has 0 fully saturated rings. The topological polar surface area (TPSA) is 3.24 Å². The van der Waals surface area contributed by atoms with Crippen LogP contribution in [0.1, 0.15) is 52.7 Å². The van der Waals surface area contributed by atoms with Gasteiger partial charge in [0.2, 0.25) is 0 Å². The zero-order chi connectivity index (χ0) is 47.0. The summed E-state index contributed by atoms with van der Waals surface area (Å²) in [6, 6.07) is 79.5. The summed E-state index contributed by atoms with van der Waals surface area (Å²) in [5.41, 5.74) is 15.8. The smallest absolute Gasteiger partial charge is 0.0540 e. The number of para-hydroxylation sites is 2. The molecule has 0 saturated carbocycles. The molecule has 0 saturated heterocycles. The van der Waals surface area contributed by atoms with E-state index >= 15 is 0 Å². The maximum Gasteiger partial charge on any atom is 0.0540 e. The van der Waals surface area contributed by atoms with E-state index in [9.17, 15) is 0 Å². The van der Waals surface area contributed by atoms with Gasteiger partial charge in [0.25, 0.3) is 0 Å². The van der Waals surface area contributed by atoms with Crippen molar-refractivity contribution in [3.8, 4) is 44.5 Å². The number of hydrogen-bond acceptors (Lipinski definition) is 3. The normalized spacial score (nSPS) is 12.2. The minimum atomic E-state index is -0.00990. The highest BCUT2D eigenvalue weighted by atomic mass is 32.1. The number of thiophene rings is 2. The van der Waals surface area contributed by atoms with Crippen molar-refractivity contribution in [3.05, 3.63) is 223 Å². The van der Waals surface area contributed by atoms with Gasteiger partial charge in [-0.2, -0.15) is 0 Å². The van der Waals surface area contributed by atoms with Gasteiger partial charge >= 0.3 is 0 Å². The Morgan fingerprint density at radius 2 is 0.768 bits per heavy atom. The predicted octanol–water partition coefficient (Wildman–Crippen LogP) is 20.3. The van der Waals surface area contributed by atoms with E-state index in [1.54, 1.807) is 0 Å². The Balaban J connectivity index is 1.09. The Hall–Kier alpha value is -7.30. The lowest BCUT2D eigenvalue weighted by Crippen LogP contribution is -2.16. The second-order valence-electron chi connectivity index (χ2n) is 20.5. The minimum Gasteiger partial charge on any atom is -0.309 e. The van der Waals surface area contributed by atoms with Crippen molar-refractivity contribution in [2.75, 3.05) is 4.90 Å². The van der Waals surface area contributed by atoms with Gasteiger partial charge in [-0.1, -0.05) is 217 Å². The van der Waals surface area contributed by atoms with Gasteiger partial charge in [0, 0.05) is 62.7 Å². The van der Waals surface area contributed by atoms with Crippen LogP contribution in [-0.2, 0) is 10.8 Å². The highest BCUT2D eigenvalue weighted by Crippen LogP contribution is 2.50. The molecule has 12 rings (SSSR count). The first-order valence-corrected chi connectivity index (χ1v) is 25.7. The molecule has 0 unspecified atom stereocenters. The molecule has 12 aromatic rings. The summed E-state index contributed by atoms with van der Waals surface area (Å²) in [4.78, 5) is 2.51. The number of nitrogens with zero attached hydrogens (tertiary/aromatic N) is 1. The van der Waals surface area contributed by atoms with Gasteiger partial charge in [0.1, 0.15) is 0 Å². The fourth-order valence-electron chi connectivity index (χ4n) is 10.4. The van der Waals surface area contributed by atoms with E-state index < -0.39 is 0 Å². The quantitative estimate of drug-likeness (QED) is 0.154. The molecule has 0 aliphatic carbocycles. The lowest BCUT2D eigenvalue weighted by atomic mass is 9.78. The summed E-state index contributed by atoms with van der Waals surface area (Å²) < 4.78 is 5.25. The van der Waals surface area contributed by atoms with Crippen LogP contribution in [-0.4, -0.2) is 0 Å². The summed E-state index contributed by atoms with van der Waals surface area (Å²) in [5.74, 6) is 0. The fraction of sp³-hybridized carbons (Fsp3) is 0.121. The molecular weight excluding hydrogens is 871 g/mol. The SMILES string of the molecule is CC(C)(C)c1cc(-c2cccc3cccc(-c4ccccc4N(c4ccc(-c5cccc6c5sc5ccccc56)cc4)c4ccccc4-c4cccc5c4sc4ccccc45)c23)cc(C(C)(C)C)c1. The second-order valence-corrected chi connectivity index (χ2v) is 22.6. The van der Waals surface area contributed by atoms with Crippen molar-refractivity contribution in [3.63, 3.8) is 0 Å². The Kier molecular flexibility index (Phi) is 10.4. The molecule has 0 aliphatic rings. The highest BCUT2D eigenvalue weighted by molar-refractivity contribution is 7.26. The maximum atomic E-state index is 2.51. The van der Waals surface area contributed by atoms with E-state index in [1.165, 1.54) is 107 Å². The molecule has 0 radical (unpaired) electrons. The van der Waals surface area contributed by atoms with Gasteiger partial charge in [0.05, 0.1) is 11.4 Å². The number of hydrogen-bond donors (Lipinski definition) is 0. The van der Waals surface area contributed by atoms with E-state index in [4.69, 9.17) is 0 Å². The molecule has 0 amide bonds. The van der Waals surface area contributed by atoms with Crippen molar-refractivity contribution < 1.29 is 0 Å². The van der Waals surface area contributed by atoms with Crippen LogP contribution < -0.4 is 4.90 Å². The Morgan fingerprint density at radius 3 is 1.35 bits per heavy atom. The lowest BCUT2D eigenvalue weighted by Gasteiger charge is -2.30. The molecule has 10 aromatic carbocycles. The molecule has 1 nitrogen and oxygen atoms in total. The maximum absolute atomic E-state index is 2.51. The first kappa shape index (κ1) is 43.0. The first-order chi connectivity index (χ1) is 33.5. The number of anilines is 3. The van der Waals surface area contributed by atoms with Gasteiger partial charge in [-0.25, -0.2) is 0 Å². The number of fused-ring (bicyclic) bond motifs is 7. The van der Waals surface area contributed by atoms with Crippen LogP contribution in [0.2, 0.25) is 0 Å². The van der Waals surface area contributed by atoms with Gasteiger partial charge < -0.3 is 4.90 Å². The summed E-state index contributed by atoms with van der Waals surface area (Å²) in [7, 11) is 0. The number of benzene rings is 10. The van der Waals surface area contributed by atoms with Gasteiger partial charge in [0.15, 0.2) is 0 Å². The summed E-state index contributed by atoms with van der Waals surface area (Å²) in [6.45, 7) is 14.0. The van der Waals surface area contributed by atoms with Crippen LogP contribution in [0, 0.1) is 0 Å². The largest absolute Gasteiger partial charge is 0.309 e. The van der Waals surface area contributed by atoms with Gasteiger partial charge in [-0.3, -0.25) is 0 Å². The Labute approximate surface area is 413 Å². The third-order valence-corrected chi connectivity index (χ3v) is 16.4. The standard InChI is InChI=1S/C66H53NS2/c1-65(2,3)45-39-44(40-46(41-45)66(4,5)6)48-25-15-19-43-20-16-27-54(62(43)48)50-21-7-11-31-58(50)67(47-37-35-42(36-38-47)49-26-17-29-56-52-23-9-13-33-60(52)68-63(49)56)59-32-12-8-22-51(59)55-28-18-30-57-53-24-10-14-34-61(53)69-64(55)57/h7-41H,1-6H3. The van der Waals surface area contributed by atoms with Crippen LogP contribution in [0.4, 0.5) is 17.1 Å². The molecule has 0 aliphatic heterocycles. The van der Waals surface area contributed by atoms with Crippen LogP contribution >= 0.6 is 22.7 Å². The van der Waals surface area contributed by atoms with Crippen LogP contribution in [0.5, 0.6) is 0 Å². The average molecular weight is 924 g/mol. The summed E-state index contributed by atoms with van der Waals surface area (Å²) in [5, 5.41) is 7.71. The summed E-state index contributed by atoms with van der Waals surface area (Å²) in [6.07, 6.45) is 0. The van der Waals surface area contributed by atoms with Crippen LogP contribution in [0.25, 0.3) is 95.6 Å². The van der Waals surface area contributed by atoms with Crippen molar-refractivity contribution >= 4 is 90.9 Å². The molecule has 334 valence electrons. The van der Waals surface area contributed by atoms with Crippen LogP contribution in [0.15, 0.2) is 212 Å². The minimum absolute atomic E-state index is 0.00990. The third-order valence-electron chi connectivity index (χ3n) is 14.0. The first-order valence-electron chi connectivity index (χ1n) is 24.1.